The molecule has 2 aromatic heterocycles. The Kier molecular flexibility index (Phi) is 3.19. The van der Waals surface area contributed by atoms with Crippen LogP contribution in [0.2, 0.25) is 0 Å². The summed E-state index contributed by atoms with van der Waals surface area (Å²) in [5.74, 6) is 0.491. The van der Waals surface area contributed by atoms with Crippen molar-refractivity contribution in [2.75, 3.05) is 5.73 Å². The van der Waals surface area contributed by atoms with Gasteiger partial charge in [-0.2, -0.15) is 5.10 Å². The van der Waals surface area contributed by atoms with Crippen LogP contribution in [0, 0.1) is 10.1 Å². The predicted molar refractivity (Wildman–Crippen MR) is 83.0 cm³/mol. The van der Waals surface area contributed by atoms with Crippen LogP contribution < -0.4 is 5.73 Å². The molecule has 3 rings (SSSR count). The van der Waals surface area contributed by atoms with E-state index in [0.29, 0.717) is 17.1 Å². The molecule has 1 aromatic carbocycles. The Labute approximate surface area is 124 Å². The van der Waals surface area contributed by atoms with Gasteiger partial charge >= 0.3 is 0 Å². The van der Waals surface area contributed by atoms with Crippen LogP contribution in [0.4, 0.5) is 11.5 Å². The van der Waals surface area contributed by atoms with Gasteiger partial charge in [0.2, 0.25) is 0 Å². The van der Waals surface area contributed by atoms with Crippen molar-refractivity contribution in [3.8, 4) is 21.7 Å². The molecule has 0 radical (unpaired) electrons. The zero-order valence-electron chi connectivity index (χ0n) is 11.2. The third-order valence-electron chi connectivity index (χ3n) is 3.22. The molecule has 0 bridgehead atoms. The summed E-state index contributed by atoms with van der Waals surface area (Å²) in [7, 11) is 1.73. The molecule has 2 N–H and O–H groups in total. The minimum absolute atomic E-state index is 0.0217. The summed E-state index contributed by atoms with van der Waals surface area (Å²) in [5, 5.41) is 17.5. The second kappa shape index (κ2) is 5.02. The van der Waals surface area contributed by atoms with Gasteiger partial charge in [-0.3, -0.25) is 14.8 Å². The van der Waals surface area contributed by atoms with Gasteiger partial charge in [0.15, 0.2) is 0 Å². The zero-order chi connectivity index (χ0) is 15.0. The topological polar surface area (TPSA) is 87.0 Å². The average Bonchev–Trinajstić information content (AvgIpc) is 3.08. The van der Waals surface area contributed by atoms with E-state index in [0.717, 1.165) is 10.4 Å². The minimum atomic E-state index is -0.404. The van der Waals surface area contributed by atoms with Gasteiger partial charge < -0.3 is 5.73 Å². The number of aromatic nitrogens is 2. The van der Waals surface area contributed by atoms with Gasteiger partial charge in [-0.1, -0.05) is 18.2 Å². The average molecular weight is 300 g/mol. The first-order valence-electron chi connectivity index (χ1n) is 6.19. The minimum Gasteiger partial charge on any atom is -0.383 e. The van der Waals surface area contributed by atoms with E-state index < -0.39 is 4.92 Å². The molecule has 0 fully saturated rings. The fraction of sp³-hybridized carbons (Fsp3) is 0.0714. The van der Waals surface area contributed by atoms with Gasteiger partial charge in [-0.15, -0.1) is 11.3 Å². The first-order valence-corrected chi connectivity index (χ1v) is 7.07. The smallest absolute Gasteiger partial charge is 0.278 e. The summed E-state index contributed by atoms with van der Waals surface area (Å²) in [6.45, 7) is 0. The molecule has 21 heavy (non-hydrogen) atoms. The van der Waals surface area contributed by atoms with Gasteiger partial charge in [0, 0.05) is 18.0 Å². The number of nitrogen functional groups attached to an aromatic ring is 1. The maximum absolute atomic E-state index is 11.2. The number of nitro groups is 1. The number of aryl methyl sites for hydroxylation is 1. The highest BCUT2D eigenvalue weighted by molar-refractivity contribution is 7.13. The molecule has 0 amide bonds. The van der Waals surface area contributed by atoms with E-state index in [-0.39, 0.29) is 5.69 Å². The van der Waals surface area contributed by atoms with E-state index >= 15 is 0 Å². The summed E-state index contributed by atoms with van der Waals surface area (Å²) in [5.41, 5.74) is 7.86. The molecular weight excluding hydrogens is 288 g/mol. The van der Waals surface area contributed by atoms with Crippen molar-refractivity contribution >= 4 is 22.8 Å². The first kappa shape index (κ1) is 13.3. The number of anilines is 1. The van der Waals surface area contributed by atoms with Crippen LogP contribution in [0.3, 0.4) is 0 Å². The Morgan fingerprint density at radius 3 is 2.71 bits per heavy atom. The molecule has 0 saturated carbocycles. The van der Waals surface area contributed by atoms with Crippen molar-refractivity contribution < 1.29 is 4.92 Å². The maximum Gasteiger partial charge on any atom is 0.278 e. The lowest BCUT2D eigenvalue weighted by atomic mass is 10.0. The van der Waals surface area contributed by atoms with Gasteiger partial charge in [-0.05, 0) is 17.5 Å². The van der Waals surface area contributed by atoms with Gasteiger partial charge in [-0.25, -0.2) is 0 Å². The van der Waals surface area contributed by atoms with Crippen molar-refractivity contribution in [2.24, 2.45) is 7.05 Å². The molecule has 0 spiro atoms. The van der Waals surface area contributed by atoms with Crippen molar-refractivity contribution in [3.63, 3.8) is 0 Å². The molecule has 0 aliphatic carbocycles. The third-order valence-corrected chi connectivity index (χ3v) is 4.10. The Bertz CT molecular complexity index is 809. The van der Waals surface area contributed by atoms with Crippen LogP contribution in [0.5, 0.6) is 0 Å². The van der Waals surface area contributed by atoms with Crippen molar-refractivity contribution in [1.82, 2.24) is 9.78 Å². The van der Waals surface area contributed by atoms with Crippen molar-refractivity contribution in [3.05, 3.63) is 51.9 Å². The van der Waals surface area contributed by atoms with Gasteiger partial charge in [0.05, 0.1) is 16.1 Å². The monoisotopic (exact) mass is 300 g/mol. The molecule has 0 aliphatic rings. The summed E-state index contributed by atoms with van der Waals surface area (Å²) in [6.07, 6.45) is 0. The fourth-order valence-electron chi connectivity index (χ4n) is 2.22. The number of rotatable bonds is 3. The second-order valence-corrected chi connectivity index (χ2v) is 5.43. The summed E-state index contributed by atoms with van der Waals surface area (Å²) in [4.78, 5) is 11.8. The molecule has 106 valence electrons. The summed E-state index contributed by atoms with van der Waals surface area (Å²) >= 11 is 1.52. The van der Waals surface area contributed by atoms with E-state index in [9.17, 15) is 10.1 Å². The van der Waals surface area contributed by atoms with Crippen LogP contribution in [0.15, 0.2) is 41.8 Å². The molecule has 7 heteroatoms. The first-order chi connectivity index (χ1) is 10.1. The van der Waals surface area contributed by atoms with E-state index in [1.807, 2.05) is 17.5 Å². The van der Waals surface area contributed by atoms with Gasteiger partial charge in [0.1, 0.15) is 11.5 Å². The number of nitro benzene ring substituents is 1. The lowest BCUT2D eigenvalue weighted by Crippen LogP contribution is -1.97. The predicted octanol–water partition coefficient (Wildman–Crippen LogP) is 3.31. The Morgan fingerprint density at radius 1 is 1.29 bits per heavy atom. The fourth-order valence-corrected chi connectivity index (χ4v) is 3.00. The molecule has 0 saturated heterocycles. The third kappa shape index (κ3) is 2.17. The Hall–Kier alpha value is -2.67. The van der Waals surface area contributed by atoms with Gasteiger partial charge in [0.25, 0.3) is 5.69 Å². The molecule has 0 atom stereocenters. The van der Waals surface area contributed by atoms with Crippen molar-refractivity contribution in [2.45, 2.75) is 0 Å². The number of nitrogens with two attached hydrogens (primary N) is 1. The molecule has 0 unspecified atom stereocenters. The standard InChI is InChI=1S/C14H12N4O2S/c1-17-14(15)12(11-7-4-8-21-11)13(16-17)9-5-2-3-6-10(9)18(19)20/h2-8H,15H2,1H3. The highest BCUT2D eigenvalue weighted by Crippen LogP contribution is 2.40. The van der Waals surface area contributed by atoms with E-state index in [4.69, 9.17) is 5.73 Å². The highest BCUT2D eigenvalue weighted by atomic mass is 32.1. The van der Waals surface area contributed by atoms with Crippen LogP contribution in [-0.2, 0) is 7.05 Å². The quantitative estimate of drug-likeness (QED) is 0.594. The largest absolute Gasteiger partial charge is 0.383 e. The van der Waals surface area contributed by atoms with Crippen LogP contribution in [-0.4, -0.2) is 14.7 Å². The number of para-hydroxylation sites is 1. The number of thiophene rings is 1. The highest BCUT2D eigenvalue weighted by Gasteiger charge is 2.23. The van der Waals surface area contributed by atoms with E-state index in [2.05, 4.69) is 5.10 Å². The number of hydrogen-bond donors (Lipinski definition) is 1. The molecule has 0 aliphatic heterocycles. The summed E-state index contributed by atoms with van der Waals surface area (Å²) < 4.78 is 1.54. The van der Waals surface area contributed by atoms with Crippen LogP contribution >= 0.6 is 11.3 Å². The lowest BCUT2D eigenvalue weighted by molar-refractivity contribution is -0.384. The molecule has 2 heterocycles. The second-order valence-electron chi connectivity index (χ2n) is 4.48. The van der Waals surface area contributed by atoms with Crippen molar-refractivity contribution in [1.29, 1.82) is 0 Å². The number of hydrogen-bond acceptors (Lipinski definition) is 5. The molecule has 3 aromatic rings. The van der Waals surface area contributed by atoms with E-state index in [1.165, 1.54) is 17.4 Å². The number of nitrogens with zero attached hydrogens (tertiary/aromatic N) is 3. The zero-order valence-corrected chi connectivity index (χ0v) is 12.0. The Balaban J connectivity index is 2.30. The maximum atomic E-state index is 11.2. The summed E-state index contributed by atoms with van der Waals surface area (Å²) in [6, 6.07) is 10.4. The Morgan fingerprint density at radius 2 is 2.05 bits per heavy atom. The lowest BCUT2D eigenvalue weighted by Gasteiger charge is -2.02. The van der Waals surface area contributed by atoms with Crippen LogP contribution in [0.25, 0.3) is 21.7 Å². The SMILES string of the molecule is Cn1nc(-c2ccccc2[N+](=O)[O-])c(-c2cccs2)c1N. The normalized spacial score (nSPS) is 10.7. The molecule has 6 nitrogen and oxygen atoms in total. The number of benzene rings is 1. The van der Waals surface area contributed by atoms with E-state index in [1.54, 1.807) is 29.9 Å². The van der Waals surface area contributed by atoms with Crippen LogP contribution in [0.1, 0.15) is 0 Å². The molecular formula is C14H12N4O2S.